The summed E-state index contributed by atoms with van der Waals surface area (Å²) in [6.07, 6.45) is -2.97. The van der Waals surface area contributed by atoms with Crippen LogP contribution in [0.4, 0.5) is 13.2 Å². The fourth-order valence-corrected chi connectivity index (χ4v) is 1.83. The fourth-order valence-electron chi connectivity index (χ4n) is 1.83. The predicted molar refractivity (Wildman–Crippen MR) is 58.0 cm³/mol. The van der Waals surface area contributed by atoms with Crippen LogP contribution in [0.2, 0.25) is 0 Å². The molecule has 0 spiro atoms. The second-order valence-electron chi connectivity index (χ2n) is 3.93. The van der Waals surface area contributed by atoms with Crippen LogP contribution in [0.5, 0.6) is 0 Å². The Bertz CT molecular complexity index is 745. The molecular formula is C11H7F3N4. The third kappa shape index (κ3) is 1.51. The molecular weight excluding hydrogens is 245 g/mol. The lowest BCUT2D eigenvalue weighted by atomic mass is 10.1. The monoisotopic (exact) mass is 252 g/mol. The van der Waals surface area contributed by atoms with Crippen molar-refractivity contribution in [3.63, 3.8) is 0 Å². The molecule has 3 rings (SSSR count). The summed E-state index contributed by atoms with van der Waals surface area (Å²) in [6.45, 7) is 1.73. The van der Waals surface area contributed by atoms with Crippen molar-refractivity contribution in [2.75, 3.05) is 0 Å². The predicted octanol–water partition coefficient (Wildman–Crippen LogP) is 2.60. The van der Waals surface area contributed by atoms with Crippen molar-refractivity contribution >= 4 is 16.4 Å². The van der Waals surface area contributed by atoms with E-state index >= 15 is 0 Å². The summed E-state index contributed by atoms with van der Waals surface area (Å²) >= 11 is 0. The van der Waals surface area contributed by atoms with Gasteiger partial charge >= 0.3 is 6.18 Å². The zero-order chi connectivity index (χ0) is 12.9. The minimum absolute atomic E-state index is 0.393. The number of benzene rings is 1. The van der Waals surface area contributed by atoms with Crippen molar-refractivity contribution in [1.82, 2.24) is 19.8 Å². The van der Waals surface area contributed by atoms with Gasteiger partial charge < -0.3 is 0 Å². The number of aromatic nitrogens is 4. The zero-order valence-electron chi connectivity index (χ0n) is 9.23. The first-order valence-corrected chi connectivity index (χ1v) is 5.15. The van der Waals surface area contributed by atoms with Gasteiger partial charge in [0.25, 0.3) is 0 Å². The van der Waals surface area contributed by atoms with Gasteiger partial charge in [0.15, 0.2) is 11.5 Å². The van der Waals surface area contributed by atoms with Crippen molar-refractivity contribution < 1.29 is 13.2 Å². The Labute approximate surface area is 99.1 Å². The quantitative estimate of drug-likeness (QED) is 0.617. The largest absolute Gasteiger partial charge is 0.416 e. The van der Waals surface area contributed by atoms with E-state index in [1.165, 1.54) is 16.8 Å². The Morgan fingerprint density at radius 1 is 1.17 bits per heavy atom. The molecule has 0 fully saturated rings. The molecule has 1 aromatic carbocycles. The maximum absolute atomic E-state index is 12.6. The van der Waals surface area contributed by atoms with Crippen LogP contribution in [0.3, 0.4) is 0 Å². The van der Waals surface area contributed by atoms with E-state index in [2.05, 4.69) is 15.3 Å². The van der Waals surface area contributed by atoms with Gasteiger partial charge in [0.05, 0.1) is 11.8 Å². The first kappa shape index (κ1) is 10.9. The SMILES string of the molecule is Cc1nnc2c3ccc(C(F)(F)F)cc3cnn12. The molecule has 0 aliphatic carbocycles. The summed E-state index contributed by atoms with van der Waals surface area (Å²) in [5.74, 6) is 0.590. The van der Waals surface area contributed by atoms with Crippen molar-refractivity contribution in [2.45, 2.75) is 13.1 Å². The van der Waals surface area contributed by atoms with Gasteiger partial charge in [-0.1, -0.05) is 0 Å². The van der Waals surface area contributed by atoms with Crippen molar-refractivity contribution in [3.05, 3.63) is 35.8 Å². The highest BCUT2D eigenvalue weighted by molar-refractivity contribution is 5.93. The molecule has 0 aliphatic heterocycles. The summed E-state index contributed by atoms with van der Waals surface area (Å²) in [5.41, 5.74) is -0.240. The summed E-state index contributed by atoms with van der Waals surface area (Å²) in [7, 11) is 0. The van der Waals surface area contributed by atoms with E-state index in [9.17, 15) is 13.2 Å². The molecule has 0 atom stereocenters. The maximum atomic E-state index is 12.6. The van der Waals surface area contributed by atoms with Gasteiger partial charge in [0, 0.05) is 10.8 Å². The third-order valence-electron chi connectivity index (χ3n) is 2.73. The first-order chi connectivity index (χ1) is 8.47. The molecule has 2 aromatic heterocycles. The number of hydrogen-bond donors (Lipinski definition) is 0. The molecule has 2 heterocycles. The standard InChI is InChI=1S/C11H7F3N4/c1-6-16-17-10-9-3-2-8(11(12,13)14)4-7(9)5-15-18(6)10/h2-5H,1H3. The Morgan fingerprint density at radius 2 is 1.94 bits per heavy atom. The van der Waals surface area contributed by atoms with Crippen LogP contribution in [0, 0.1) is 6.92 Å². The van der Waals surface area contributed by atoms with Crippen molar-refractivity contribution in [1.29, 1.82) is 0 Å². The van der Waals surface area contributed by atoms with Crippen LogP contribution < -0.4 is 0 Å². The number of nitrogens with zero attached hydrogens (tertiary/aromatic N) is 4. The number of hydrogen-bond acceptors (Lipinski definition) is 3. The second-order valence-corrected chi connectivity index (χ2v) is 3.93. The molecule has 3 aromatic rings. The molecule has 0 radical (unpaired) electrons. The van der Waals surface area contributed by atoms with E-state index < -0.39 is 11.7 Å². The molecule has 4 nitrogen and oxygen atoms in total. The van der Waals surface area contributed by atoms with Crippen molar-refractivity contribution in [2.24, 2.45) is 0 Å². The normalized spacial score (nSPS) is 12.4. The smallest absolute Gasteiger partial charge is 0.197 e. The molecule has 0 N–H and O–H groups in total. The van der Waals surface area contributed by atoms with Crippen LogP contribution in [0.1, 0.15) is 11.4 Å². The van der Waals surface area contributed by atoms with Crippen LogP contribution in [0.15, 0.2) is 24.4 Å². The van der Waals surface area contributed by atoms with Gasteiger partial charge in [-0.25, -0.2) is 0 Å². The number of aryl methyl sites for hydroxylation is 1. The highest BCUT2D eigenvalue weighted by atomic mass is 19.4. The van der Waals surface area contributed by atoms with E-state index in [1.807, 2.05) is 0 Å². The second kappa shape index (κ2) is 3.41. The number of alkyl halides is 3. The molecule has 0 bridgehead atoms. The van der Waals surface area contributed by atoms with E-state index in [0.29, 0.717) is 22.2 Å². The zero-order valence-corrected chi connectivity index (χ0v) is 9.23. The summed E-state index contributed by atoms with van der Waals surface area (Å²) in [6, 6.07) is 3.49. The minimum Gasteiger partial charge on any atom is -0.197 e. The lowest BCUT2D eigenvalue weighted by Crippen LogP contribution is -2.04. The molecule has 0 amide bonds. The highest BCUT2D eigenvalue weighted by Gasteiger charge is 2.30. The molecule has 0 saturated heterocycles. The Balaban J connectivity index is 2.34. The Hall–Kier alpha value is -2.18. The van der Waals surface area contributed by atoms with Gasteiger partial charge in [-0.05, 0) is 25.1 Å². The van der Waals surface area contributed by atoms with E-state index in [0.717, 1.165) is 12.1 Å². The van der Waals surface area contributed by atoms with Crippen LogP contribution >= 0.6 is 0 Å². The van der Waals surface area contributed by atoms with Gasteiger partial charge in [0.1, 0.15) is 0 Å². The van der Waals surface area contributed by atoms with Gasteiger partial charge in [-0.15, -0.1) is 10.2 Å². The molecule has 92 valence electrons. The van der Waals surface area contributed by atoms with E-state index in [4.69, 9.17) is 0 Å². The van der Waals surface area contributed by atoms with E-state index in [1.54, 1.807) is 6.92 Å². The van der Waals surface area contributed by atoms with Crippen molar-refractivity contribution in [3.8, 4) is 0 Å². The van der Waals surface area contributed by atoms with Gasteiger partial charge in [-0.3, -0.25) is 0 Å². The first-order valence-electron chi connectivity index (χ1n) is 5.15. The minimum atomic E-state index is -4.36. The summed E-state index contributed by atoms with van der Waals surface area (Å²) in [5, 5.41) is 12.8. The summed E-state index contributed by atoms with van der Waals surface area (Å²) in [4.78, 5) is 0. The molecule has 7 heteroatoms. The molecule has 18 heavy (non-hydrogen) atoms. The number of fused-ring (bicyclic) bond motifs is 3. The lowest BCUT2D eigenvalue weighted by Gasteiger charge is -2.07. The van der Waals surface area contributed by atoms with Crippen LogP contribution in [-0.4, -0.2) is 19.8 Å². The lowest BCUT2D eigenvalue weighted by molar-refractivity contribution is -0.137. The number of halogens is 3. The Morgan fingerprint density at radius 3 is 2.67 bits per heavy atom. The average molecular weight is 252 g/mol. The highest BCUT2D eigenvalue weighted by Crippen LogP contribution is 2.31. The number of rotatable bonds is 0. The topological polar surface area (TPSA) is 43.1 Å². The molecule has 0 unspecified atom stereocenters. The van der Waals surface area contributed by atoms with Crippen LogP contribution in [-0.2, 0) is 6.18 Å². The summed E-state index contributed by atoms with van der Waals surface area (Å²) < 4.78 is 39.2. The van der Waals surface area contributed by atoms with Crippen LogP contribution in [0.25, 0.3) is 16.4 Å². The maximum Gasteiger partial charge on any atom is 0.416 e. The molecule has 0 saturated carbocycles. The average Bonchev–Trinajstić information content (AvgIpc) is 2.69. The van der Waals surface area contributed by atoms with E-state index in [-0.39, 0.29) is 0 Å². The third-order valence-corrected chi connectivity index (χ3v) is 2.73. The fraction of sp³-hybridized carbons (Fsp3) is 0.182. The van der Waals surface area contributed by atoms with Gasteiger partial charge in [0.2, 0.25) is 0 Å². The molecule has 0 aliphatic rings. The van der Waals surface area contributed by atoms with Gasteiger partial charge in [-0.2, -0.15) is 22.8 Å². The Kier molecular flexibility index (Phi) is 2.07.